The summed E-state index contributed by atoms with van der Waals surface area (Å²) >= 11 is 0. The first-order chi connectivity index (χ1) is 7.79. The van der Waals surface area contributed by atoms with Crippen LogP contribution < -0.4 is 5.32 Å². The van der Waals surface area contributed by atoms with E-state index in [2.05, 4.69) is 15.5 Å². The molecule has 2 heterocycles. The Labute approximate surface area is 92.9 Å². The number of hydrogen-bond donors (Lipinski definition) is 1. The van der Waals surface area contributed by atoms with E-state index >= 15 is 0 Å². The lowest BCUT2D eigenvalue weighted by atomic mass is 10.4. The van der Waals surface area contributed by atoms with Gasteiger partial charge in [0.25, 0.3) is 5.91 Å². The summed E-state index contributed by atoms with van der Waals surface area (Å²) in [6, 6.07) is 3.53. The molecule has 0 unspecified atom stereocenters. The molecule has 84 valence electrons. The number of aromatic nitrogens is 4. The van der Waals surface area contributed by atoms with Crippen molar-refractivity contribution < 1.29 is 4.79 Å². The van der Waals surface area contributed by atoms with Crippen LogP contribution in [-0.4, -0.2) is 32.0 Å². The predicted octanol–water partition coefficient (Wildman–Crippen LogP) is 0.335. The van der Waals surface area contributed by atoms with E-state index in [-0.39, 0.29) is 5.91 Å². The maximum Gasteiger partial charge on any atom is 0.271 e. The van der Waals surface area contributed by atoms with Crippen molar-refractivity contribution in [1.29, 1.82) is 0 Å². The third-order valence-corrected chi connectivity index (χ3v) is 2.06. The third kappa shape index (κ3) is 2.28. The van der Waals surface area contributed by atoms with Crippen molar-refractivity contribution in [2.45, 2.75) is 13.6 Å². The van der Waals surface area contributed by atoms with Gasteiger partial charge in [-0.2, -0.15) is 10.2 Å². The summed E-state index contributed by atoms with van der Waals surface area (Å²) in [6.07, 6.45) is 5.30. The largest absolute Gasteiger partial charge is 0.351 e. The molecule has 0 bridgehead atoms. The van der Waals surface area contributed by atoms with Crippen molar-refractivity contribution in [2.24, 2.45) is 0 Å². The van der Waals surface area contributed by atoms with E-state index < -0.39 is 0 Å². The third-order valence-electron chi connectivity index (χ3n) is 2.06. The van der Waals surface area contributed by atoms with Crippen molar-refractivity contribution in [3.05, 3.63) is 36.4 Å². The molecule has 0 atom stereocenters. The summed E-state index contributed by atoms with van der Waals surface area (Å²) in [4.78, 5) is 11.5. The standard InChI is InChI=1S/C10H13N5O/c1-2-11-10(16)9-4-7-15(13-9)8-14-6-3-5-12-14/h3-7H,2,8H2,1H3,(H,11,16). The first-order valence-electron chi connectivity index (χ1n) is 5.08. The van der Waals surface area contributed by atoms with Crippen LogP contribution in [0, 0.1) is 0 Å². The van der Waals surface area contributed by atoms with Gasteiger partial charge in [-0.15, -0.1) is 0 Å². The summed E-state index contributed by atoms with van der Waals surface area (Å²) in [6.45, 7) is 2.98. The molecule has 0 fully saturated rings. The van der Waals surface area contributed by atoms with Crippen LogP contribution in [0.2, 0.25) is 0 Å². The molecular formula is C10H13N5O. The van der Waals surface area contributed by atoms with E-state index in [0.29, 0.717) is 18.9 Å². The van der Waals surface area contributed by atoms with Crippen LogP contribution in [0.3, 0.4) is 0 Å². The first kappa shape index (κ1) is 10.4. The molecule has 16 heavy (non-hydrogen) atoms. The molecule has 2 aromatic rings. The molecule has 0 aromatic carbocycles. The summed E-state index contributed by atoms with van der Waals surface area (Å²) < 4.78 is 3.39. The highest BCUT2D eigenvalue weighted by Crippen LogP contribution is 1.96. The monoisotopic (exact) mass is 219 g/mol. The molecule has 1 amide bonds. The quantitative estimate of drug-likeness (QED) is 0.806. The number of rotatable bonds is 4. The van der Waals surface area contributed by atoms with Gasteiger partial charge in [-0.25, -0.2) is 0 Å². The van der Waals surface area contributed by atoms with Crippen molar-refractivity contribution in [2.75, 3.05) is 6.54 Å². The van der Waals surface area contributed by atoms with Crippen LogP contribution in [0.15, 0.2) is 30.7 Å². The topological polar surface area (TPSA) is 64.7 Å². The normalized spacial score (nSPS) is 10.3. The Hall–Kier alpha value is -2.11. The average molecular weight is 219 g/mol. The lowest BCUT2D eigenvalue weighted by molar-refractivity contribution is 0.0950. The van der Waals surface area contributed by atoms with Gasteiger partial charge in [0, 0.05) is 25.1 Å². The van der Waals surface area contributed by atoms with Crippen LogP contribution in [0.4, 0.5) is 0 Å². The van der Waals surface area contributed by atoms with Gasteiger partial charge < -0.3 is 5.32 Å². The van der Waals surface area contributed by atoms with Crippen LogP contribution in [-0.2, 0) is 6.67 Å². The molecule has 2 aromatic heterocycles. The second-order valence-electron chi connectivity index (χ2n) is 3.29. The van der Waals surface area contributed by atoms with Crippen molar-refractivity contribution >= 4 is 5.91 Å². The molecule has 0 radical (unpaired) electrons. The minimum atomic E-state index is -0.151. The molecule has 0 saturated heterocycles. The molecule has 0 spiro atoms. The zero-order valence-electron chi connectivity index (χ0n) is 9.00. The fourth-order valence-corrected chi connectivity index (χ4v) is 1.35. The average Bonchev–Trinajstić information content (AvgIpc) is 2.90. The van der Waals surface area contributed by atoms with Gasteiger partial charge in [0.05, 0.1) is 0 Å². The zero-order valence-corrected chi connectivity index (χ0v) is 9.00. The molecule has 6 heteroatoms. The lowest BCUT2D eigenvalue weighted by Crippen LogP contribution is -2.23. The molecule has 1 N–H and O–H groups in total. The fraction of sp³-hybridized carbons (Fsp3) is 0.300. The summed E-state index contributed by atoms with van der Waals surface area (Å²) in [5.74, 6) is -0.151. The summed E-state index contributed by atoms with van der Waals surface area (Å²) in [5.41, 5.74) is 0.425. The zero-order chi connectivity index (χ0) is 11.4. The number of nitrogens with zero attached hydrogens (tertiary/aromatic N) is 4. The van der Waals surface area contributed by atoms with E-state index in [1.165, 1.54) is 0 Å². The first-order valence-corrected chi connectivity index (χ1v) is 5.08. The van der Waals surface area contributed by atoms with Gasteiger partial charge in [0.2, 0.25) is 0 Å². The minimum Gasteiger partial charge on any atom is -0.351 e. The summed E-state index contributed by atoms with van der Waals surface area (Å²) in [7, 11) is 0. The van der Waals surface area contributed by atoms with Crippen LogP contribution in [0.5, 0.6) is 0 Å². The number of nitrogens with one attached hydrogen (secondary N) is 1. The Kier molecular flexibility index (Phi) is 3.00. The van der Waals surface area contributed by atoms with Crippen LogP contribution >= 0.6 is 0 Å². The number of hydrogen-bond acceptors (Lipinski definition) is 3. The van der Waals surface area contributed by atoms with Crippen molar-refractivity contribution in [3.8, 4) is 0 Å². The lowest BCUT2D eigenvalue weighted by Gasteiger charge is -2.01. The Morgan fingerprint density at radius 1 is 1.44 bits per heavy atom. The molecule has 0 aliphatic carbocycles. The van der Waals surface area contributed by atoms with Gasteiger partial charge in [-0.1, -0.05) is 0 Å². The molecular weight excluding hydrogens is 206 g/mol. The van der Waals surface area contributed by atoms with E-state index in [9.17, 15) is 4.79 Å². The Balaban J connectivity index is 2.05. The van der Waals surface area contributed by atoms with E-state index in [1.807, 2.05) is 19.2 Å². The molecule has 6 nitrogen and oxygen atoms in total. The van der Waals surface area contributed by atoms with E-state index in [0.717, 1.165) is 0 Å². The maximum atomic E-state index is 11.5. The fourth-order valence-electron chi connectivity index (χ4n) is 1.35. The van der Waals surface area contributed by atoms with Crippen LogP contribution in [0.1, 0.15) is 17.4 Å². The highest BCUT2D eigenvalue weighted by Gasteiger charge is 2.07. The second-order valence-corrected chi connectivity index (χ2v) is 3.29. The predicted molar refractivity (Wildman–Crippen MR) is 57.9 cm³/mol. The number of amides is 1. The van der Waals surface area contributed by atoms with Gasteiger partial charge >= 0.3 is 0 Å². The van der Waals surface area contributed by atoms with Crippen molar-refractivity contribution in [1.82, 2.24) is 24.9 Å². The van der Waals surface area contributed by atoms with E-state index in [4.69, 9.17) is 0 Å². The number of carbonyl (C=O) groups is 1. The van der Waals surface area contributed by atoms with Gasteiger partial charge in [-0.05, 0) is 19.1 Å². The van der Waals surface area contributed by atoms with Gasteiger partial charge in [0.1, 0.15) is 12.4 Å². The molecule has 0 saturated carbocycles. The Bertz CT molecular complexity index is 459. The second kappa shape index (κ2) is 4.61. The number of carbonyl (C=O) groups excluding carboxylic acids is 1. The molecule has 2 rings (SSSR count). The Morgan fingerprint density at radius 3 is 3.00 bits per heavy atom. The minimum absolute atomic E-state index is 0.151. The SMILES string of the molecule is CCNC(=O)c1ccn(Cn2cccn2)n1. The highest BCUT2D eigenvalue weighted by atomic mass is 16.1. The smallest absolute Gasteiger partial charge is 0.271 e. The highest BCUT2D eigenvalue weighted by molar-refractivity contribution is 5.92. The van der Waals surface area contributed by atoms with Gasteiger partial charge in [-0.3, -0.25) is 14.2 Å². The van der Waals surface area contributed by atoms with Crippen LogP contribution in [0.25, 0.3) is 0 Å². The van der Waals surface area contributed by atoms with E-state index in [1.54, 1.807) is 27.8 Å². The molecule has 0 aliphatic rings. The molecule has 0 aliphatic heterocycles. The Morgan fingerprint density at radius 2 is 2.31 bits per heavy atom. The van der Waals surface area contributed by atoms with Gasteiger partial charge in [0.15, 0.2) is 0 Å². The maximum absolute atomic E-state index is 11.5. The van der Waals surface area contributed by atoms with Crippen molar-refractivity contribution in [3.63, 3.8) is 0 Å². The summed E-state index contributed by atoms with van der Waals surface area (Å²) in [5, 5.41) is 10.9.